The Morgan fingerprint density at radius 1 is 1.28 bits per heavy atom. The summed E-state index contributed by atoms with van der Waals surface area (Å²) >= 11 is 7.30. The smallest absolute Gasteiger partial charge is 0.130 e. The van der Waals surface area contributed by atoms with Crippen LogP contribution in [0.5, 0.6) is 0 Å². The first-order chi connectivity index (χ1) is 8.65. The second-order valence-electron chi connectivity index (χ2n) is 4.52. The van der Waals surface area contributed by atoms with Gasteiger partial charge in [0.05, 0.1) is 0 Å². The van der Waals surface area contributed by atoms with Gasteiger partial charge >= 0.3 is 0 Å². The number of rotatable bonds is 2. The molecular weight excluding hydrogens is 271 g/mol. The summed E-state index contributed by atoms with van der Waals surface area (Å²) < 4.78 is 13.7. The molecule has 1 N–H and O–H groups in total. The number of halogens is 2. The number of thiophene rings is 1. The third-order valence-corrected chi connectivity index (χ3v) is 4.82. The van der Waals surface area contributed by atoms with E-state index in [1.54, 1.807) is 23.5 Å². The number of hydrogen-bond donors (Lipinski definition) is 1. The first-order valence-electron chi connectivity index (χ1n) is 5.89. The molecule has 0 spiro atoms. The third-order valence-electron chi connectivity index (χ3n) is 3.29. The van der Waals surface area contributed by atoms with E-state index < -0.39 is 11.9 Å². The summed E-state index contributed by atoms with van der Waals surface area (Å²) in [6, 6.07) is 6.39. The van der Waals surface area contributed by atoms with Crippen molar-refractivity contribution in [2.45, 2.75) is 25.4 Å². The minimum absolute atomic E-state index is 0.291. The molecule has 3 rings (SSSR count). The van der Waals surface area contributed by atoms with E-state index in [-0.39, 0.29) is 0 Å². The van der Waals surface area contributed by atoms with Crippen molar-refractivity contribution in [1.82, 2.24) is 0 Å². The zero-order chi connectivity index (χ0) is 12.7. The normalized spacial score (nSPS) is 15.7. The molecule has 1 atom stereocenters. The molecule has 1 aromatic carbocycles. The zero-order valence-corrected chi connectivity index (χ0v) is 11.2. The number of aliphatic hydroxyl groups is 1. The highest BCUT2D eigenvalue weighted by Crippen LogP contribution is 2.36. The lowest BCUT2D eigenvalue weighted by Gasteiger charge is -2.10. The Balaban J connectivity index is 1.95. The minimum Gasteiger partial charge on any atom is -0.383 e. The fourth-order valence-corrected chi connectivity index (χ4v) is 3.78. The van der Waals surface area contributed by atoms with E-state index in [0.29, 0.717) is 10.6 Å². The number of hydrogen-bond acceptors (Lipinski definition) is 2. The van der Waals surface area contributed by atoms with Gasteiger partial charge in [0.25, 0.3) is 0 Å². The van der Waals surface area contributed by atoms with Crippen LogP contribution < -0.4 is 0 Å². The maximum Gasteiger partial charge on any atom is 0.130 e. The van der Waals surface area contributed by atoms with Crippen molar-refractivity contribution in [2.24, 2.45) is 0 Å². The van der Waals surface area contributed by atoms with Crippen LogP contribution in [0.1, 0.15) is 33.4 Å². The highest BCUT2D eigenvalue weighted by atomic mass is 35.5. The van der Waals surface area contributed by atoms with Gasteiger partial charge in [-0.1, -0.05) is 17.7 Å². The topological polar surface area (TPSA) is 20.2 Å². The van der Waals surface area contributed by atoms with E-state index in [2.05, 4.69) is 0 Å². The van der Waals surface area contributed by atoms with Gasteiger partial charge in [-0.3, -0.25) is 0 Å². The van der Waals surface area contributed by atoms with Gasteiger partial charge in [-0.05, 0) is 43.0 Å². The molecule has 1 heterocycles. The van der Waals surface area contributed by atoms with E-state index in [1.807, 2.05) is 6.07 Å². The number of fused-ring (bicyclic) bond motifs is 1. The molecule has 0 saturated carbocycles. The summed E-state index contributed by atoms with van der Waals surface area (Å²) in [5.41, 5.74) is 1.60. The Kier molecular flexibility index (Phi) is 3.14. The van der Waals surface area contributed by atoms with Crippen LogP contribution in [0.4, 0.5) is 4.39 Å². The van der Waals surface area contributed by atoms with Crippen molar-refractivity contribution in [2.75, 3.05) is 0 Å². The quantitative estimate of drug-likeness (QED) is 0.879. The van der Waals surface area contributed by atoms with Crippen molar-refractivity contribution in [3.63, 3.8) is 0 Å². The molecule has 1 aliphatic carbocycles. The van der Waals surface area contributed by atoms with Crippen LogP contribution in [0.15, 0.2) is 24.3 Å². The van der Waals surface area contributed by atoms with E-state index in [4.69, 9.17) is 11.6 Å². The van der Waals surface area contributed by atoms with Crippen molar-refractivity contribution >= 4 is 22.9 Å². The highest BCUT2D eigenvalue weighted by Gasteiger charge is 2.21. The Bertz CT molecular complexity index is 572. The molecule has 18 heavy (non-hydrogen) atoms. The first kappa shape index (κ1) is 12.2. The SMILES string of the molecule is OC(c1cc2c(s1)CCC2)c1ccc(Cl)cc1F. The van der Waals surface area contributed by atoms with E-state index >= 15 is 0 Å². The molecule has 0 aliphatic heterocycles. The monoisotopic (exact) mass is 282 g/mol. The van der Waals surface area contributed by atoms with Gasteiger partial charge in [-0.2, -0.15) is 0 Å². The fraction of sp³-hybridized carbons (Fsp3) is 0.286. The summed E-state index contributed by atoms with van der Waals surface area (Å²) in [5.74, 6) is -0.455. The maximum atomic E-state index is 13.7. The van der Waals surface area contributed by atoms with Crippen molar-refractivity contribution in [3.05, 3.63) is 56.0 Å². The van der Waals surface area contributed by atoms with Crippen LogP contribution >= 0.6 is 22.9 Å². The zero-order valence-electron chi connectivity index (χ0n) is 9.62. The summed E-state index contributed by atoms with van der Waals surface area (Å²) in [7, 11) is 0. The Labute approximate surface area is 114 Å². The summed E-state index contributed by atoms with van der Waals surface area (Å²) in [5, 5.41) is 10.6. The third kappa shape index (κ3) is 2.07. The van der Waals surface area contributed by atoms with Crippen LogP contribution in [-0.2, 0) is 12.8 Å². The summed E-state index contributed by atoms with van der Waals surface area (Å²) in [6.45, 7) is 0. The standard InChI is InChI=1S/C14H12ClFOS/c15-9-4-5-10(11(16)7-9)14(17)13-6-8-2-1-3-12(8)18-13/h4-7,14,17H,1-3H2. The molecule has 0 bridgehead atoms. The van der Waals surface area contributed by atoms with Gasteiger partial charge in [-0.15, -0.1) is 11.3 Å². The molecule has 0 radical (unpaired) electrons. The molecule has 2 aromatic rings. The second-order valence-corrected chi connectivity index (χ2v) is 6.12. The van der Waals surface area contributed by atoms with Gasteiger partial charge < -0.3 is 5.11 Å². The molecule has 1 nitrogen and oxygen atoms in total. The lowest BCUT2D eigenvalue weighted by atomic mass is 10.1. The lowest BCUT2D eigenvalue weighted by molar-refractivity contribution is 0.218. The second kappa shape index (κ2) is 4.65. The van der Waals surface area contributed by atoms with Crippen LogP contribution in [-0.4, -0.2) is 5.11 Å². The van der Waals surface area contributed by atoms with E-state index in [9.17, 15) is 9.50 Å². The Hall–Kier alpha value is -0.900. The van der Waals surface area contributed by atoms with Crippen LogP contribution in [0.3, 0.4) is 0 Å². The maximum absolute atomic E-state index is 13.7. The van der Waals surface area contributed by atoms with Crippen molar-refractivity contribution < 1.29 is 9.50 Å². The molecule has 94 valence electrons. The van der Waals surface area contributed by atoms with Crippen LogP contribution in [0.2, 0.25) is 5.02 Å². The van der Waals surface area contributed by atoms with Crippen molar-refractivity contribution in [1.29, 1.82) is 0 Å². The number of aryl methyl sites for hydroxylation is 2. The Morgan fingerprint density at radius 3 is 2.83 bits per heavy atom. The molecule has 4 heteroatoms. The molecule has 1 aliphatic rings. The predicted molar refractivity (Wildman–Crippen MR) is 71.8 cm³/mol. The van der Waals surface area contributed by atoms with Gasteiger partial charge in [-0.25, -0.2) is 4.39 Å². The predicted octanol–water partition coefficient (Wildman–Crippen LogP) is 4.11. The largest absolute Gasteiger partial charge is 0.383 e. The van der Waals surface area contributed by atoms with Gasteiger partial charge in [0.15, 0.2) is 0 Å². The number of aliphatic hydroxyl groups excluding tert-OH is 1. The lowest BCUT2D eigenvalue weighted by Crippen LogP contribution is -2.00. The average Bonchev–Trinajstić information content (AvgIpc) is 2.87. The van der Waals surface area contributed by atoms with Gasteiger partial charge in [0, 0.05) is 20.3 Å². The highest BCUT2D eigenvalue weighted by molar-refractivity contribution is 7.12. The first-order valence-corrected chi connectivity index (χ1v) is 7.09. The number of benzene rings is 1. The van der Waals surface area contributed by atoms with Crippen LogP contribution in [0, 0.1) is 5.82 Å². The van der Waals surface area contributed by atoms with Gasteiger partial charge in [0.1, 0.15) is 11.9 Å². The van der Waals surface area contributed by atoms with Crippen LogP contribution in [0.25, 0.3) is 0 Å². The Morgan fingerprint density at radius 2 is 2.11 bits per heavy atom. The molecular formula is C14H12ClFOS. The average molecular weight is 283 g/mol. The molecule has 0 fully saturated rings. The summed E-state index contributed by atoms with van der Waals surface area (Å²) in [4.78, 5) is 2.15. The van der Waals surface area contributed by atoms with E-state index in [0.717, 1.165) is 17.7 Å². The molecule has 0 saturated heterocycles. The van der Waals surface area contributed by atoms with E-state index in [1.165, 1.54) is 22.9 Å². The summed E-state index contributed by atoms with van der Waals surface area (Å²) in [6.07, 6.45) is 2.45. The van der Waals surface area contributed by atoms with Gasteiger partial charge in [0.2, 0.25) is 0 Å². The molecule has 1 unspecified atom stereocenters. The molecule has 1 aromatic heterocycles. The van der Waals surface area contributed by atoms with Crippen molar-refractivity contribution in [3.8, 4) is 0 Å². The minimum atomic E-state index is -0.891. The fourth-order valence-electron chi connectivity index (χ4n) is 2.36. The molecule has 0 amide bonds.